The SMILES string of the molecule is COc1ccccc1C(CNC(=O)c1c(C)c(-c2ccccc2)nc2ccc(Br)cc12)CC(=O)O. The second-order valence-corrected chi connectivity index (χ2v) is 9.15. The number of hydrogen-bond acceptors (Lipinski definition) is 4. The highest BCUT2D eigenvalue weighted by Gasteiger charge is 2.23. The number of pyridine rings is 1. The smallest absolute Gasteiger partial charge is 0.304 e. The summed E-state index contributed by atoms with van der Waals surface area (Å²) < 4.78 is 6.27. The summed E-state index contributed by atoms with van der Waals surface area (Å²) in [5, 5.41) is 13.2. The number of carbonyl (C=O) groups is 2. The number of carboxylic acids is 1. The molecule has 2 N–H and O–H groups in total. The molecule has 0 spiro atoms. The van der Waals surface area contributed by atoms with Crippen LogP contribution in [0.1, 0.15) is 33.8 Å². The molecule has 1 atom stereocenters. The lowest BCUT2D eigenvalue weighted by atomic mass is 9.93. The molecule has 0 radical (unpaired) electrons. The highest BCUT2D eigenvalue weighted by Crippen LogP contribution is 2.32. The van der Waals surface area contributed by atoms with Gasteiger partial charge in [-0.3, -0.25) is 9.59 Å². The topological polar surface area (TPSA) is 88.5 Å². The third-order valence-electron chi connectivity index (χ3n) is 5.97. The fourth-order valence-electron chi connectivity index (χ4n) is 4.31. The molecular formula is C28H25BrN2O4. The second-order valence-electron chi connectivity index (χ2n) is 8.23. The molecule has 1 heterocycles. The summed E-state index contributed by atoms with van der Waals surface area (Å²) >= 11 is 3.50. The second kappa shape index (κ2) is 10.7. The van der Waals surface area contributed by atoms with E-state index in [4.69, 9.17) is 9.72 Å². The number of fused-ring (bicyclic) bond motifs is 1. The molecule has 3 aromatic carbocycles. The third kappa shape index (κ3) is 5.35. The number of benzene rings is 3. The van der Waals surface area contributed by atoms with Crippen LogP contribution >= 0.6 is 15.9 Å². The number of methoxy groups -OCH3 is 1. The van der Waals surface area contributed by atoms with E-state index in [0.717, 1.165) is 32.2 Å². The minimum atomic E-state index is -0.948. The van der Waals surface area contributed by atoms with Crippen LogP contribution in [0.4, 0.5) is 0 Å². The number of carboxylic acid groups (broad SMARTS) is 1. The summed E-state index contributed by atoms with van der Waals surface area (Å²) in [4.78, 5) is 30.1. The molecule has 7 heteroatoms. The average Bonchev–Trinajstić information content (AvgIpc) is 2.86. The van der Waals surface area contributed by atoms with Crippen LogP contribution < -0.4 is 10.1 Å². The minimum absolute atomic E-state index is 0.141. The first-order valence-corrected chi connectivity index (χ1v) is 12.0. The Labute approximate surface area is 212 Å². The molecule has 1 amide bonds. The third-order valence-corrected chi connectivity index (χ3v) is 6.47. The van der Waals surface area contributed by atoms with Crippen LogP contribution in [0.25, 0.3) is 22.2 Å². The normalized spacial score (nSPS) is 11.7. The Morgan fingerprint density at radius 1 is 1.06 bits per heavy atom. The molecule has 0 saturated carbocycles. The maximum Gasteiger partial charge on any atom is 0.304 e. The number of hydrogen-bond donors (Lipinski definition) is 2. The van der Waals surface area contributed by atoms with E-state index < -0.39 is 11.9 Å². The van der Waals surface area contributed by atoms with E-state index in [1.165, 1.54) is 0 Å². The van der Waals surface area contributed by atoms with Crippen molar-refractivity contribution in [1.29, 1.82) is 0 Å². The van der Waals surface area contributed by atoms with Gasteiger partial charge in [0, 0.05) is 27.9 Å². The largest absolute Gasteiger partial charge is 0.496 e. The van der Waals surface area contributed by atoms with Gasteiger partial charge in [0.05, 0.1) is 30.3 Å². The van der Waals surface area contributed by atoms with Crippen LogP contribution in [0.3, 0.4) is 0 Å². The van der Waals surface area contributed by atoms with Gasteiger partial charge in [0.25, 0.3) is 5.91 Å². The van der Waals surface area contributed by atoms with Gasteiger partial charge in [-0.05, 0) is 42.3 Å². The first-order chi connectivity index (χ1) is 16.9. The lowest BCUT2D eigenvalue weighted by molar-refractivity contribution is -0.137. The number of nitrogens with zero attached hydrogens (tertiary/aromatic N) is 1. The van der Waals surface area contributed by atoms with Gasteiger partial charge in [0.15, 0.2) is 0 Å². The van der Waals surface area contributed by atoms with Crippen molar-refractivity contribution in [3.8, 4) is 17.0 Å². The summed E-state index contributed by atoms with van der Waals surface area (Å²) in [7, 11) is 1.55. The first-order valence-electron chi connectivity index (χ1n) is 11.2. The van der Waals surface area contributed by atoms with E-state index in [-0.39, 0.29) is 18.9 Å². The Kier molecular flexibility index (Phi) is 7.46. The van der Waals surface area contributed by atoms with Gasteiger partial charge in [0.1, 0.15) is 5.75 Å². The zero-order valence-corrected chi connectivity index (χ0v) is 21.0. The van der Waals surface area contributed by atoms with Gasteiger partial charge >= 0.3 is 5.97 Å². The molecule has 0 saturated heterocycles. The summed E-state index contributed by atoms with van der Waals surface area (Å²) in [5.74, 6) is -1.10. The zero-order chi connectivity index (χ0) is 24.9. The molecule has 1 unspecified atom stereocenters. The fourth-order valence-corrected chi connectivity index (χ4v) is 4.67. The summed E-state index contributed by atoms with van der Waals surface area (Å²) in [6, 6.07) is 22.7. The standard InChI is InChI=1S/C28H25BrN2O4/c1-17-26(22-15-20(29)12-13-23(22)31-27(17)18-8-4-3-5-9-18)28(34)30-16-19(14-25(32)33)21-10-6-7-11-24(21)35-2/h3-13,15,19H,14,16H2,1-2H3,(H,30,34)(H,32,33). The molecule has 0 aliphatic rings. The molecule has 0 aliphatic carbocycles. The molecule has 35 heavy (non-hydrogen) atoms. The zero-order valence-electron chi connectivity index (χ0n) is 19.4. The van der Waals surface area contributed by atoms with E-state index in [2.05, 4.69) is 21.2 Å². The number of halogens is 1. The van der Waals surface area contributed by atoms with Crippen LogP contribution in [0.15, 0.2) is 77.3 Å². The van der Waals surface area contributed by atoms with Crippen LogP contribution in [-0.2, 0) is 4.79 Å². The van der Waals surface area contributed by atoms with Crippen molar-refractivity contribution >= 4 is 38.7 Å². The Bertz CT molecular complexity index is 1390. The molecule has 4 rings (SSSR count). The summed E-state index contributed by atoms with van der Waals surface area (Å²) in [5.41, 5.74) is 4.37. The van der Waals surface area contributed by atoms with Crippen molar-refractivity contribution in [3.63, 3.8) is 0 Å². The highest BCUT2D eigenvalue weighted by atomic mass is 79.9. The van der Waals surface area contributed by atoms with Crippen molar-refractivity contribution in [2.45, 2.75) is 19.3 Å². The number of aromatic nitrogens is 1. The van der Waals surface area contributed by atoms with Gasteiger partial charge in [-0.25, -0.2) is 4.98 Å². The molecule has 178 valence electrons. The number of para-hydroxylation sites is 1. The van der Waals surface area contributed by atoms with E-state index in [9.17, 15) is 14.7 Å². The highest BCUT2D eigenvalue weighted by molar-refractivity contribution is 9.10. The number of rotatable bonds is 8. The van der Waals surface area contributed by atoms with E-state index in [0.29, 0.717) is 16.8 Å². The van der Waals surface area contributed by atoms with Gasteiger partial charge in [-0.1, -0.05) is 64.5 Å². The van der Waals surface area contributed by atoms with Gasteiger partial charge < -0.3 is 15.2 Å². The van der Waals surface area contributed by atoms with Gasteiger partial charge in [0.2, 0.25) is 0 Å². The number of ether oxygens (including phenoxy) is 1. The molecule has 0 bridgehead atoms. The van der Waals surface area contributed by atoms with Crippen molar-refractivity contribution in [2.75, 3.05) is 13.7 Å². The lowest BCUT2D eigenvalue weighted by Gasteiger charge is -2.20. The van der Waals surface area contributed by atoms with Crippen molar-refractivity contribution in [2.24, 2.45) is 0 Å². The Balaban J connectivity index is 1.74. The van der Waals surface area contributed by atoms with Crippen LogP contribution in [0.2, 0.25) is 0 Å². The van der Waals surface area contributed by atoms with E-state index >= 15 is 0 Å². The van der Waals surface area contributed by atoms with E-state index in [1.54, 1.807) is 13.2 Å². The first kappa shape index (κ1) is 24.4. The Morgan fingerprint density at radius 2 is 1.77 bits per heavy atom. The van der Waals surface area contributed by atoms with Crippen molar-refractivity contribution < 1.29 is 19.4 Å². The average molecular weight is 533 g/mol. The van der Waals surface area contributed by atoms with Crippen LogP contribution in [-0.4, -0.2) is 35.6 Å². The summed E-state index contributed by atoms with van der Waals surface area (Å²) in [6.45, 7) is 2.03. The van der Waals surface area contributed by atoms with Gasteiger partial charge in [-0.2, -0.15) is 0 Å². The van der Waals surface area contributed by atoms with Gasteiger partial charge in [-0.15, -0.1) is 0 Å². The molecule has 0 aliphatic heterocycles. The number of nitrogens with one attached hydrogen (secondary N) is 1. The summed E-state index contributed by atoms with van der Waals surface area (Å²) in [6.07, 6.45) is -0.141. The predicted molar refractivity (Wildman–Crippen MR) is 140 cm³/mol. The monoisotopic (exact) mass is 532 g/mol. The number of carbonyl (C=O) groups excluding carboxylic acids is 1. The molecule has 1 aromatic heterocycles. The quantitative estimate of drug-likeness (QED) is 0.292. The Morgan fingerprint density at radius 3 is 2.49 bits per heavy atom. The van der Waals surface area contributed by atoms with Crippen LogP contribution in [0.5, 0.6) is 5.75 Å². The van der Waals surface area contributed by atoms with E-state index in [1.807, 2.05) is 73.7 Å². The lowest BCUT2D eigenvalue weighted by Crippen LogP contribution is -2.30. The molecule has 4 aromatic rings. The minimum Gasteiger partial charge on any atom is -0.496 e. The maximum absolute atomic E-state index is 13.6. The number of amides is 1. The molecular weight excluding hydrogens is 508 g/mol. The number of aliphatic carboxylic acids is 1. The van der Waals surface area contributed by atoms with Crippen LogP contribution in [0, 0.1) is 6.92 Å². The van der Waals surface area contributed by atoms with Crippen molar-refractivity contribution in [3.05, 3.63) is 94.0 Å². The maximum atomic E-state index is 13.6. The molecule has 0 fully saturated rings. The van der Waals surface area contributed by atoms with Crippen molar-refractivity contribution in [1.82, 2.24) is 10.3 Å². The molecule has 6 nitrogen and oxygen atoms in total. The Hall–Kier alpha value is -3.71. The predicted octanol–water partition coefficient (Wildman–Crippen LogP) is 5.97. The fraction of sp³-hybridized carbons (Fsp3) is 0.179.